The van der Waals surface area contributed by atoms with Gasteiger partial charge in [0.2, 0.25) is 5.91 Å². The van der Waals surface area contributed by atoms with Gasteiger partial charge >= 0.3 is 11.9 Å². The molecule has 8 atom stereocenters. The Bertz CT molecular complexity index is 1890. The number of carboxylic acid groups (broad SMARTS) is 1. The Kier molecular flexibility index (Phi) is 9.79. The van der Waals surface area contributed by atoms with E-state index in [1.165, 1.54) is 5.57 Å². The second kappa shape index (κ2) is 13.3. The van der Waals surface area contributed by atoms with Gasteiger partial charge < -0.3 is 15.2 Å². The first-order chi connectivity index (χ1) is 25.9. The molecule has 0 heterocycles. The van der Waals surface area contributed by atoms with E-state index >= 15 is 0 Å². The van der Waals surface area contributed by atoms with E-state index in [1.807, 2.05) is 24.3 Å². The molecule has 56 heavy (non-hydrogen) atoms. The van der Waals surface area contributed by atoms with Gasteiger partial charge in [0.25, 0.3) is 0 Å². The molecule has 0 radical (unpaired) electrons. The van der Waals surface area contributed by atoms with Crippen molar-refractivity contribution in [1.29, 1.82) is 0 Å². The fraction of sp³-hybridized carbons (Fsp3) is 0.708. The Hall–Kier alpha value is -2.93. The van der Waals surface area contributed by atoms with Gasteiger partial charge in [-0.05, 0) is 152 Å². The predicted octanol–water partition coefficient (Wildman–Crippen LogP) is 10.8. The molecule has 7 rings (SSSR count). The van der Waals surface area contributed by atoms with E-state index in [1.54, 1.807) is 19.9 Å². The van der Waals surface area contributed by atoms with Gasteiger partial charge in [0.05, 0.1) is 17.4 Å². The van der Waals surface area contributed by atoms with Crippen LogP contribution in [0.5, 0.6) is 0 Å². The zero-order chi connectivity index (χ0) is 41.1. The van der Waals surface area contributed by atoms with E-state index in [4.69, 9.17) is 16.3 Å². The van der Waals surface area contributed by atoms with Gasteiger partial charge in [-0.1, -0.05) is 85.2 Å². The Morgan fingerprint density at radius 2 is 1.54 bits per heavy atom. The maximum absolute atomic E-state index is 14.1. The summed E-state index contributed by atoms with van der Waals surface area (Å²) in [5.41, 5.74) is 1.02. The third kappa shape index (κ3) is 5.92. The van der Waals surface area contributed by atoms with Crippen molar-refractivity contribution in [1.82, 2.24) is 5.32 Å². The monoisotopic (exact) mass is 787 g/mol. The zero-order valence-electron chi connectivity index (χ0n) is 35.6. The molecule has 0 aromatic heterocycles. The molecule has 0 spiro atoms. The molecule has 5 fully saturated rings. The molecule has 6 aliphatic carbocycles. The summed E-state index contributed by atoms with van der Waals surface area (Å²) in [4.78, 5) is 52.9. The Morgan fingerprint density at radius 3 is 2.14 bits per heavy atom. The average molecular weight is 789 g/mol. The second-order valence-corrected chi connectivity index (χ2v) is 22.0. The van der Waals surface area contributed by atoms with Gasteiger partial charge in [0, 0.05) is 22.3 Å². The minimum absolute atomic E-state index is 0.00312. The van der Waals surface area contributed by atoms with E-state index in [9.17, 15) is 24.3 Å². The van der Waals surface area contributed by atoms with E-state index in [0.717, 1.165) is 75.3 Å². The van der Waals surface area contributed by atoms with Crippen molar-refractivity contribution >= 4 is 35.2 Å². The Morgan fingerprint density at radius 1 is 0.893 bits per heavy atom. The lowest BCUT2D eigenvalue weighted by molar-refractivity contribution is -0.270. The summed E-state index contributed by atoms with van der Waals surface area (Å²) in [6.45, 7) is 22.1. The number of ether oxygens (including phenoxy) is 1. The molecular formula is C48H66ClNO6. The number of amides is 1. The van der Waals surface area contributed by atoms with Gasteiger partial charge in [-0.2, -0.15) is 0 Å². The van der Waals surface area contributed by atoms with Crippen molar-refractivity contribution in [2.75, 3.05) is 0 Å². The van der Waals surface area contributed by atoms with Crippen molar-refractivity contribution < 1.29 is 29.0 Å². The minimum atomic E-state index is -1.18. The maximum atomic E-state index is 14.1. The molecule has 5 saturated carbocycles. The summed E-state index contributed by atoms with van der Waals surface area (Å²) in [5, 5.41) is 13.7. The number of ketones is 1. The summed E-state index contributed by atoms with van der Waals surface area (Å²) >= 11 is 6.16. The first-order valence-electron chi connectivity index (χ1n) is 21.4. The van der Waals surface area contributed by atoms with Crippen LogP contribution in [0.3, 0.4) is 0 Å². The summed E-state index contributed by atoms with van der Waals surface area (Å²) < 4.78 is 6.24. The molecule has 0 bridgehead atoms. The number of hydrogen-bond donors (Lipinski definition) is 2. The largest absolute Gasteiger partial charge is 0.481 e. The van der Waals surface area contributed by atoms with Gasteiger partial charge in [-0.25, -0.2) is 0 Å². The fourth-order valence-electron chi connectivity index (χ4n) is 13.7. The number of Topliss-reactive ketones (excluding diaryl/α,β-unsaturated/α-hetero) is 1. The number of aliphatic carboxylic acids is 1. The number of allylic oxidation sites excluding steroid dienone is 3. The van der Waals surface area contributed by atoms with Crippen LogP contribution in [-0.2, 0) is 29.5 Å². The van der Waals surface area contributed by atoms with Crippen molar-refractivity contribution in [2.24, 2.45) is 55.7 Å². The number of carboxylic acids is 1. The topological polar surface area (TPSA) is 110 Å². The third-order valence-corrected chi connectivity index (χ3v) is 18.3. The first-order valence-corrected chi connectivity index (χ1v) is 21.8. The number of nitrogens with one attached hydrogen (secondary N) is 1. The van der Waals surface area contributed by atoms with E-state index in [-0.39, 0.29) is 68.7 Å². The molecule has 1 aromatic rings. The Balaban J connectivity index is 1.16. The van der Waals surface area contributed by atoms with Crippen LogP contribution in [0.2, 0.25) is 5.02 Å². The molecule has 8 heteroatoms. The third-order valence-electron chi connectivity index (χ3n) is 18.0. The predicted molar refractivity (Wildman–Crippen MR) is 220 cm³/mol. The number of fused-ring (bicyclic) bond motifs is 7. The molecule has 0 aliphatic heterocycles. The van der Waals surface area contributed by atoms with Crippen LogP contribution in [-0.4, -0.2) is 34.8 Å². The molecule has 0 saturated heterocycles. The summed E-state index contributed by atoms with van der Waals surface area (Å²) in [5.74, 6) is -0.453. The first kappa shape index (κ1) is 41.2. The number of carbonyl (C=O) groups is 4. The lowest BCUT2D eigenvalue weighted by Crippen LogP contribution is -2.69. The molecule has 2 N–H and O–H groups in total. The van der Waals surface area contributed by atoms with Crippen molar-refractivity contribution in [3.8, 4) is 0 Å². The van der Waals surface area contributed by atoms with Crippen molar-refractivity contribution in [3.05, 3.63) is 58.1 Å². The lowest BCUT2D eigenvalue weighted by atomic mass is 9.29. The smallest absolute Gasteiger partial charge is 0.309 e. The summed E-state index contributed by atoms with van der Waals surface area (Å²) in [6, 6.07) is 7.77. The lowest BCUT2D eigenvalue weighted by Gasteiger charge is -2.75. The fourth-order valence-corrected chi connectivity index (χ4v) is 13.9. The Labute approximate surface area is 340 Å². The van der Waals surface area contributed by atoms with Crippen LogP contribution in [0.1, 0.15) is 152 Å². The number of carbonyl (C=O) groups excluding carboxylic acids is 3. The number of rotatable bonds is 9. The van der Waals surface area contributed by atoms with Crippen molar-refractivity contribution in [2.45, 2.75) is 158 Å². The molecular weight excluding hydrogens is 722 g/mol. The van der Waals surface area contributed by atoms with Crippen molar-refractivity contribution in [3.63, 3.8) is 0 Å². The van der Waals surface area contributed by atoms with Gasteiger partial charge in [-0.15, -0.1) is 0 Å². The summed E-state index contributed by atoms with van der Waals surface area (Å²) in [6.07, 6.45) is 13.4. The van der Waals surface area contributed by atoms with Crippen LogP contribution in [0.15, 0.2) is 47.6 Å². The highest BCUT2D eigenvalue weighted by Crippen LogP contribution is 2.79. The SMILES string of the molecule is CC(C)C1=C2[C@H]3CC[C@H]4[C@@]5(C)CC[C@H](OC(=O)CC(C)(C)C(=O)O)C(C)(C)C5(C)CC[C@@]4(C)[C@]3(C)CC[C@@]2(/C=C/C(=O)NC2(c3ccc(Cl)cc3)CC2)CC1=O. The highest BCUT2D eigenvalue weighted by Gasteiger charge is 2.73. The number of halogens is 1. The van der Waals surface area contributed by atoms with E-state index < -0.39 is 22.8 Å². The standard InChI is InChI=1S/C48H66ClNO6/c1-29(2)38-33(51)27-47(20-18-36(52)50-48(25-26-48)30-11-13-31(49)14-12-30)24-22-43(7)32(39(38)47)15-16-34-44(43,8)21-23-46(10)42(5,6)35(17-19-45(34,46)9)56-37(53)28-41(3,4)40(54)55/h11-14,18,20,29,32,34-35H,15-17,19,21-28H2,1-10H3,(H,50,52)(H,54,55)/b20-18+/t32-,34-,35+,43-,44-,45-,46?,47+/m1/s1. The molecule has 6 aliphatic rings. The average Bonchev–Trinajstić information content (AvgIpc) is 3.81. The second-order valence-electron chi connectivity index (χ2n) is 21.5. The minimum Gasteiger partial charge on any atom is -0.481 e. The number of benzene rings is 1. The van der Waals surface area contributed by atoms with Crippen LogP contribution >= 0.6 is 11.6 Å². The zero-order valence-corrected chi connectivity index (χ0v) is 36.4. The molecule has 1 aromatic carbocycles. The number of esters is 1. The van der Waals surface area contributed by atoms with Crippen LogP contribution in [0.25, 0.3) is 0 Å². The quantitative estimate of drug-likeness (QED) is 0.190. The van der Waals surface area contributed by atoms with Gasteiger partial charge in [-0.3, -0.25) is 19.2 Å². The highest BCUT2D eigenvalue weighted by molar-refractivity contribution is 6.30. The molecule has 7 nitrogen and oxygen atoms in total. The van der Waals surface area contributed by atoms with Crippen LogP contribution in [0.4, 0.5) is 0 Å². The van der Waals surface area contributed by atoms with Gasteiger partial charge in [0.15, 0.2) is 5.78 Å². The molecule has 1 amide bonds. The van der Waals surface area contributed by atoms with E-state index in [2.05, 4.69) is 66.8 Å². The van der Waals surface area contributed by atoms with E-state index in [0.29, 0.717) is 17.4 Å². The summed E-state index contributed by atoms with van der Waals surface area (Å²) in [7, 11) is 0. The van der Waals surface area contributed by atoms with Crippen LogP contribution < -0.4 is 5.32 Å². The molecule has 1 unspecified atom stereocenters. The maximum Gasteiger partial charge on any atom is 0.309 e. The normalized spacial score (nSPS) is 38.4. The molecule has 306 valence electrons. The van der Waals surface area contributed by atoms with Crippen LogP contribution in [0, 0.1) is 55.7 Å². The highest BCUT2D eigenvalue weighted by atomic mass is 35.5. The van der Waals surface area contributed by atoms with Gasteiger partial charge in [0.1, 0.15) is 6.10 Å². The number of hydrogen-bond acceptors (Lipinski definition) is 5.